The molecule has 18 heavy (non-hydrogen) atoms. The molecule has 6 heteroatoms. The van der Waals surface area contributed by atoms with Crippen LogP contribution in [0.3, 0.4) is 0 Å². The number of hydrogen-bond acceptors (Lipinski definition) is 1. The molecule has 1 heterocycles. The van der Waals surface area contributed by atoms with Crippen molar-refractivity contribution in [1.82, 2.24) is 0 Å². The summed E-state index contributed by atoms with van der Waals surface area (Å²) in [6, 6.07) is 3.82. The lowest BCUT2D eigenvalue weighted by atomic mass is 10.1. The van der Waals surface area contributed by atoms with Crippen molar-refractivity contribution in [1.29, 1.82) is 0 Å². The van der Waals surface area contributed by atoms with Crippen molar-refractivity contribution in [3.05, 3.63) is 55.4 Å². The van der Waals surface area contributed by atoms with Crippen LogP contribution in [0, 0.1) is 24.4 Å². The van der Waals surface area contributed by atoms with Crippen LogP contribution in [0.25, 0.3) is 0 Å². The fourth-order valence-corrected chi connectivity index (χ4v) is 3.43. The van der Waals surface area contributed by atoms with E-state index < -0.39 is 22.8 Å². The van der Waals surface area contributed by atoms with Crippen molar-refractivity contribution in [3.8, 4) is 0 Å². The van der Waals surface area contributed by atoms with Crippen LogP contribution in [0.2, 0.25) is 0 Å². The van der Waals surface area contributed by atoms with Crippen LogP contribution in [-0.2, 0) is 0 Å². The molecule has 1 aromatic carbocycles. The molecule has 0 fully saturated rings. The topological polar surface area (TPSA) is 0 Å². The van der Waals surface area contributed by atoms with Crippen molar-refractivity contribution in [2.24, 2.45) is 0 Å². The Morgan fingerprint density at radius 1 is 1.22 bits per heavy atom. The minimum Gasteiger partial charge on any atom is -0.204 e. The molecule has 1 atom stereocenters. The van der Waals surface area contributed by atoms with Gasteiger partial charge in [-0.05, 0) is 40.5 Å². The fourth-order valence-electron chi connectivity index (χ4n) is 1.50. The first-order chi connectivity index (χ1) is 8.41. The van der Waals surface area contributed by atoms with Gasteiger partial charge in [0.1, 0.15) is 0 Å². The minimum atomic E-state index is -1.49. The molecule has 2 rings (SSSR count). The zero-order valence-corrected chi connectivity index (χ0v) is 12.3. The molecule has 0 radical (unpaired) electrons. The highest BCUT2D eigenvalue weighted by molar-refractivity contribution is 9.11. The van der Waals surface area contributed by atoms with E-state index in [1.54, 1.807) is 6.07 Å². The zero-order valence-electron chi connectivity index (χ0n) is 9.11. The quantitative estimate of drug-likeness (QED) is 0.488. The molecule has 0 bridgehead atoms. The minimum absolute atomic E-state index is 0.0654. The molecule has 0 aliphatic carbocycles. The highest BCUT2D eigenvalue weighted by Crippen LogP contribution is 2.39. The second-order valence-corrected chi connectivity index (χ2v) is 6.57. The third kappa shape index (κ3) is 2.44. The third-order valence-corrected chi connectivity index (χ3v) is 5.27. The van der Waals surface area contributed by atoms with Gasteiger partial charge in [-0.2, -0.15) is 0 Å². The Hall–Kier alpha value is -0.520. The maximum Gasteiger partial charge on any atom is 0.194 e. The lowest BCUT2D eigenvalue weighted by Crippen LogP contribution is -2.00. The smallest absolute Gasteiger partial charge is 0.194 e. The molecule has 0 nitrogen and oxygen atoms in total. The van der Waals surface area contributed by atoms with Gasteiger partial charge >= 0.3 is 0 Å². The molecule has 0 saturated carbocycles. The van der Waals surface area contributed by atoms with Gasteiger partial charge in [-0.25, -0.2) is 13.2 Å². The summed E-state index contributed by atoms with van der Waals surface area (Å²) in [5.74, 6) is -3.95. The first-order valence-corrected chi connectivity index (χ1v) is 6.99. The van der Waals surface area contributed by atoms with Crippen LogP contribution in [0.5, 0.6) is 0 Å². The molecule has 0 aliphatic rings. The second kappa shape index (κ2) is 5.23. The Morgan fingerprint density at radius 3 is 2.44 bits per heavy atom. The van der Waals surface area contributed by atoms with Gasteiger partial charge in [0.2, 0.25) is 0 Å². The van der Waals surface area contributed by atoms with E-state index in [4.69, 9.17) is 11.6 Å². The fraction of sp³-hybridized carbons (Fsp3) is 0.167. The van der Waals surface area contributed by atoms with Crippen LogP contribution in [0.15, 0.2) is 22.0 Å². The second-order valence-electron chi connectivity index (χ2n) is 3.73. The predicted molar refractivity (Wildman–Crippen MR) is 70.8 cm³/mol. The molecule has 0 spiro atoms. The van der Waals surface area contributed by atoms with Crippen molar-refractivity contribution in [2.75, 3.05) is 0 Å². The van der Waals surface area contributed by atoms with Crippen molar-refractivity contribution < 1.29 is 13.2 Å². The molecule has 1 unspecified atom stereocenters. The normalized spacial score (nSPS) is 12.8. The number of alkyl halides is 1. The molecular formula is C12H7BrClF3S. The van der Waals surface area contributed by atoms with E-state index in [1.165, 1.54) is 11.3 Å². The number of rotatable bonds is 2. The van der Waals surface area contributed by atoms with Crippen molar-refractivity contribution >= 4 is 38.9 Å². The largest absolute Gasteiger partial charge is 0.204 e. The molecule has 2 aromatic rings. The number of benzene rings is 1. The van der Waals surface area contributed by atoms with Gasteiger partial charge in [0.05, 0.1) is 9.16 Å². The number of halogens is 5. The van der Waals surface area contributed by atoms with E-state index in [9.17, 15) is 13.2 Å². The summed E-state index contributed by atoms with van der Waals surface area (Å²) in [6.45, 7) is 1.87. The van der Waals surface area contributed by atoms with E-state index >= 15 is 0 Å². The van der Waals surface area contributed by atoms with E-state index in [0.717, 1.165) is 21.5 Å². The van der Waals surface area contributed by atoms with E-state index in [2.05, 4.69) is 15.9 Å². The standard InChI is InChI=1S/C12H7BrClF3S/c1-5-4-8(18-12(5)13)9(14)6-2-3-7(15)11(17)10(6)16/h2-4,9H,1H3. The third-order valence-electron chi connectivity index (χ3n) is 2.46. The summed E-state index contributed by atoms with van der Waals surface area (Å²) in [5, 5.41) is -0.838. The Labute approximate surface area is 120 Å². The average molecular weight is 356 g/mol. The molecule has 0 N–H and O–H groups in total. The molecule has 0 amide bonds. The monoisotopic (exact) mass is 354 g/mol. The van der Waals surface area contributed by atoms with Gasteiger partial charge < -0.3 is 0 Å². The van der Waals surface area contributed by atoms with Crippen LogP contribution in [0.1, 0.15) is 21.4 Å². The summed E-state index contributed by atoms with van der Waals surface area (Å²) < 4.78 is 40.4. The highest BCUT2D eigenvalue weighted by atomic mass is 79.9. The van der Waals surface area contributed by atoms with Crippen LogP contribution >= 0.6 is 38.9 Å². The SMILES string of the molecule is Cc1cc(C(Cl)c2ccc(F)c(F)c2F)sc1Br. The molecule has 96 valence electrons. The lowest BCUT2D eigenvalue weighted by Gasteiger charge is -2.09. The summed E-state index contributed by atoms with van der Waals surface area (Å²) in [7, 11) is 0. The van der Waals surface area contributed by atoms with E-state index in [1.807, 2.05) is 6.92 Å². The Kier molecular flexibility index (Phi) is 4.04. The Bertz CT molecular complexity index is 578. The maximum atomic E-state index is 13.6. The molecular weight excluding hydrogens is 349 g/mol. The number of thiophene rings is 1. The summed E-state index contributed by atoms with van der Waals surface area (Å²) in [6.07, 6.45) is 0. The molecule has 0 saturated heterocycles. The first-order valence-electron chi connectivity index (χ1n) is 4.95. The Morgan fingerprint density at radius 2 is 1.89 bits per heavy atom. The summed E-state index contributed by atoms with van der Waals surface area (Å²) in [4.78, 5) is 0.672. The number of aryl methyl sites for hydroxylation is 1. The summed E-state index contributed by atoms with van der Waals surface area (Å²) >= 11 is 10.8. The van der Waals surface area contributed by atoms with Gasteiger partial charge in [0, 0.05) is 10.4 Å². The van der Waals surface area contributed by atoms with Crippen molar-refractivity contribution in [3.63, 3.8) is 0 Å². The van der Waals surface area contributed by atoms with E-state index in [-0.39, 0.29) is 5.56 Å². The molecule has 1 aromatic heterocycles. The van der Waals surface area contributed by atoms with Crippen LogP contribution < -0.4 is 0 Å². The summed E-state index contributed by atoms with van der Waals surface area (Å²) in [5.41, 5.74) is 0.896. The predicted octanol–water partition coefficient (Wildman–Crippen LogP) is 5.56. The van der Waals surface area contributed by atoms with Gasteiger partial charge in [0.25, 0.3) is 0 Å². The van der Waals surface area contributed by atoms with Gasteiger partial charge in [0.15, 0.2) is 17.5 Å². The number of hydrogen-bond donors (Lipinski definition) is 0. The Balaban J connectivity index is 2.46. The lowest BCUT2D eigenvalue weighted by molar-refractivity contribution is 0.441. The maximum absolute atomic E-state index is 13.6. The molecule has 0 aliphatic heterocycles. The van der Waals surface area contributed by atoms with Crippen molar-refractivity contribution in [2.45, 2.75) is 12.3 Å². The zero-order chi connectivity index (χ0) is 13.4. The van der Waals surface area contributed by atoms with Gasteiger partial charge in [-0.1, -0.05) is 6.07 Å². The van der Waals surface area contributed by atoms with Crippen LogP contribution in [-0.4, -0.2) is 0 Å². The highest BCUT2D eigenvalue weighted by Gasteiger charge is 2.22. The average Bonchev–Trinajstić information content (AvgIpc) is 2.66. The first kappa shape index (κ1) is 13.9. The van der Waals surface area contributed by atoms with Crippen LogP contribution in [0.4, 0.5) is 13.2 Å². The van der Waals surface area contributed by atoms with Gasteiger partial charge in [-0.15, -0.1) is 22.9 Å². The van der Waals surface area contributed by atoms with Gasteiger partial charge in [-0.3, -0.25) is 0 Å². The van der Waals surface area contributed by atoms with E-state index in [0.29, 0.717) is 4.88 Å².